The van der Waals surface area contributed by atoms with E-state index in [4.69, 9.17) is 21.1 Å². The summed E-state index contributed by atoms with van der Waals surface area (Å²) in [5.74, 6) is -0.108. The lowest BCUT2D eigenvalue weighted by molar-refractivity contribution is -0.129. The van der Waals surface area contributed by atoms with Gasteiger partial charge in [0.25, 0.3) is 0 Å². The molecule has 28 heavy (non-hydrogen) atoms. The molecule has 0 spiro atoms. The van der Waals surface area contributed by atoms with Crippen LogP contribution < -0.4 is 5.32 Å². The number of carbonyl (C=O) groups excluding carboxylic acids is 2. The number of benzene rings is 1. The molecule has 0 saturated carbocycles. The molecule has 1 aliphatic rings. The third-order valence-electron chi connectivity index (χ3n) is 4.48. The van der Waals surface area contributed by atoms with Crippen LogP contribution >= 0.6 is 11.6 Å². The summed E-state index contributed by atoms with van der Waals surface area (Å²) in [7, 11) is 0. The topological polar surface area (TPSA) is 67.9 Å². The van der Waals surface area contributed by atoms with Gasteiger partial charge in [-0.05, 0) is 58.2 Å². The van der Waals surface area contributed by atoms with Crippen molar-refractivity contribution in [1.82, 2.24) is 10.2 Å². The van der Waals surface area contributed by atoms with Crippen LogP contribution in [0.3, 0.4) is 0 Å². The maximum absolute atomic E-state index is 12.5. The minimum Gasteiger partial charge on any atom is -0.444 e. The summed E-state index contributed by atoms with van der Waals surface area (Å²) in [5, 5.41) is 3.36. The van der Waals surface area contributed by atoms with Gasteiger partial charge in [0.15, 0.2) is 0 Å². The molecule has 2 unspecified atom stereocenters. The van der Waals surface area contributed by atoms with Crippen molar-refractivity contribution < 1.29 is 19.1 Å². The van der Waals surface area contributed by atoms with Crippen LogP contribution in [-0.4, -0.2) is 48.7 Å². The Balaban J connectivity index is 2.14. The van der Waals surface area contributed by atoms with Gasteiger partial charge in [-0.1, -0.05) is 23.7 Å². The summed E-state index contributed by atoms with van der Waals surface area (Å²) >= 11 is 6.17. The first kappa shape index (κ1) is 22.5. The SMILES string of the molecule is CCNC(=O)COC(c1cccc(Cl)c1)C1CCCN(C(=O)OC(C)(C)C)C1. The van der Waals surface area contributed by atoms with E-state index in [1.807, 2.05) is 45.9 Å². The number of nitrogens with zero attached hydrogens (tertiary/aromatic N) is 1. The van der Waals surface area contributed by atoms with Gasteiger partial charge in [-0.2, -0.15) is 0 Å². The minimum atomic E-state index is -0.537. The summed E-state index contributed by atoms with van der Waals surface area (Å²) in [6, 6.07) is 7.48. The number of likely N-dealkylation sites (N-methyl/N-ethyl adjacent to an activating group) is 1. The second-order valence-electron chi connectivity index (χ2n) is 8.07. The average Bonchev–Trinajstić information content (AvgIpc) is 2.61. The zero-order valence-corrected chi connectivity index (χ0v) is 17.9. The third-order valence-corrected chi connectivity index (χ3v) is 4.72. The molecule has 156 valence electrons. The van der Waals surface area contributed by atoms with Crippen molar-refractivity contribution in [3.63, 3.8) is 0 Å². The van der Waals surface area contributed by atoms with E-state index in [1.54, 1.807) is 11.0 Å². The smallest absolute Gasteiger partial charge is 0.410 e. The first-order chi connectivity index (χ1) is 13.2. The highest BCUT2D eigenvalue weighted by atomic mass is 35.5. The van der Waals surface area contributed by atoms with Crippen LogP contribution in [-0.2, 0) is 14.3 Å². The first-order valence-electron chi connectivity index (χ1n) is 9.81. The molecule has 1 aromatic carbocycles. The summed E-state index contributed by atoms with van der Waals surface area (Å²) in [5.41, 5.74) is 0.373. The molecule has 1 N–H and O–H groups in total. The van der Waals surface area contributed by atoms with Gasteiger partial charge in [-0.3, -0.25) is 4.79 Å². The number of likely N-dealkylation sites (tertiary alicyclic amines) is 1. The largest absolute Gasteiger partial charge is 0.444 e. The molecular weight excluding hydrogens is 380 g/mol. The van der Waals surface area contributed by atoms with Crippen molar-refractivity contribution in [1.29, 1.82) is 0 Å². The standard InChI is InChI=1S/C21H31ClN2O4/c1-5-23-18(25)14-27-19(15-8-6-10-17(22)12-15)16-9-7-11-24(13-16)20(26)28-21(2,3)4/h6,8,10,12,16,19H,5,7,9,11,13-14H2,1-4H3,(H,23,25). The van der Waals surface area contributed by atoms with E-state index in [0.29, 0.717) is 24.7 Å². The molecule has 7 heteroatoms. The van der Waals surface area contributed by atoms with Crippen LogP contribution in [0.4, 0.5) is 4.79 Å². The van der Waals surface area contributed by atoms with Gasteiger partial charge in [0, 0.05) is 30.6 Å². The van der Waals surface area contributed by atoms with Crippen LogP contribution in [0.25, 0.3) is 0 Å². The zero-order chi connectivity index (χ0) is 20.7. The van der Waals surface area contributed by atoms with E-state index >= 15 is 0 Å². The van der Waals surface area contributed by atoms with Crippen LogP contribution in [0, 0.1) is 5.92 Å². The summed E-state index contributed by atoms with van der Waals surface area (Å²) in [6.07, 6.45) is 1.11. The van der Waals surface area contributed by atoms with E-state index in [0.717, 1.165) is 18.4 Å². The van der Waals surface area contributed by atoms with Gasteiger partial charge in [-0.15, -0.1) is 0 Å². The Morgan fingerprint density at radius 2 is 2.11 bits per heavy atom. The van der Waals surface area contributed by atoms with Gasteiger partial charge in [0.1, 0.15) is 12.2 Å². The molecule has 2 rings (SSSR count). The fourth-order valence-corrected chi connectivity index (χ4v) is 3.55. The van der Waals surface area contributed by atoms with Crippen LogP contribution in [0.2, 0.25) is 5.02 Å². The molecule has 1 aromatic rings. The lowest BCUT2D eigenvalue weighted by atomic mass is 9.88. The Hall–Kier alpha value is -1.79. The number of piperidine rings is 1. The normalized spacial score (nSPS) is 18.5. The van der Waals surface area contributed by atoms with Gasteiger partial charge >= 0.3 is 6.09 Å². The number of hydrogen-bond acceptors (Lipinski definition) is 4. The lowest BCUT2D eigenvalue weighted by Crippen LogP contribution is -2.44. The van der Waals surface area contributed by atoms with Crippen molar-refractivity contribution in [2.24, 2.45) is 5.92 Å². The fourth-order valence-electron chi connectivity index (χ4n) is 3.35. The van der Waals surface area contributed by atoms with Crippen LogP contribution in [0.1, 0.15) is 52.2 Å². The molecule has 1 heterocycles. The number of ether oxygens (including phenoxy) is 2. The van der Waals surface area contributed by atoms with Crippen molar-refractivity contribution in [2.45, 2.75) is 52.2 Å². The number of hydrogen-bond donors (Lipinski definition) is 1. The number of halogens is 1. The highest BCUT2D eigenvalue weighted by molar-refractivity contribution is 6.30. The zero-order valence-electron chi connectivity index (χ0n) is 17.2. The average molecular weight is 411 g/mol. The van der Waals surface area contributed by atoms with Crippen molar-refractivity contribution in [3.05, 3.63) is 34.9 Å². The Morgan fingerprint density at radius 3 is 2.75 bits per heavy atom. The molecule has 0 aliphatic carbocycles. The molecule has 2 amide bonds. The second-order valence-corrected chi connectivity index (χ2v) is 8.51. The molecule has 1 aliphatic heterocycles. The summed E-state index contributed by atoms with van der Waals surface area (Å²) in [4.78, 5) is 26.1. The molecule has 2 atom stereocenters. The molecule has 0 radical (unpaired) electrons. The maximum Gasteiger partial charge on any atom is 0.410 e. The number of nitrogens with one attached hydrogen (secondary N) is 1. The molecule has 6 nitrogen and oxygen atoms in total. The van der Waals surface area contributed by atoms with E-state index < -0.39 is 5.60 Å². The van der Waals surface area contributed by atoms with E-state index in [-0.39, 0.29) is 30.6 Å². The van der Waals surface area contributed by atoms with E-state index in [1.165, 1.54) is 0 Å². The number of carbonyl (C=O) groups is 2. The number of amides is 2. The quantitative estimate of drug-likeness (QED) is 0.763. The third kappa shape index (κ3) is 6.99. The summed E-state index contributed by atoms with van der Waals surface area (Å²) in [6.45, 7) is 9.13. The highest BCUT2D eigenvalue weighted by Crippen LogP contribution is 2.34. The van der Waals surface area contributed by atoms with Crippen molar-refractivity contribution in [2.75, 3.05) is 26.2 Å². The molecular formula is C21H31ClN2O4. The van der Waals surface area contributed by atoms with Crippen LogP contribution in [0.15, 0.2) is 24.3 Å². The predicted molar refractivity (Wildman–Crippen MR) is 109 cm³/mol. The first-order valence-corrected chi connectivity index (χ1v) is 10.2. The van der Waals surface area contributed by atoms with Gasteiger partial charge in [0.05, 0.1) is 6.10 Å². The van der Waals surface area contributed by atoms with Crippen LogP contribution in [0.5, 0.6) is 0 Å². The molecule has 0 bridgehead atoms. The minimum absolute atomic E-state index is 0.0338. The Bertz CT molecular complexity index is 675. The van der Waals surface area contributed by atoms with Crippen molar-refractivity contribution in [3.8, 4) is 0 Å². The van der Waals surface area contributed by atoms with E-state index in [9.17, 15) is 9.59 Å². The monoisotopic (exact) mass is 410 g/mol. The van der Waals surface area contributed by atoms with Gasteiger partial charge < -0.3 is 19.7 Å². The Morgan fingerprint density at radius 1 is 1.36 bits per heavy atom. The predicted octanol–water partition coefficient (Wildman–Crippen LogP) is 4.18. The fraction of sp³-hybridized carbons (Fsp3) is 0.619. The highest BCUT2D eigenvalue weighted by Gasteiger charge is 2.33. The molecule has 1 fully saturated rings. The molecule has 0 aromatic heterocycles. The lowest BCUT2D eigenvalue weighted by Gasteiger charge is -2.37. The van der Waals surface area contributed by atoms with Gasteiger partial charge in [0.2, 0.25) is 5.91 Å². The Kier molecular flexibility index (Phi) is 8.13. The molecule has 1 saturated heterocycles. The Labute approximate surface area is 172 Å². The maximum atomic E-state index is 12.5. The second kappa shape index (κ2) is 10.1. The number of rotatable bonds is 6. The summed E-state index contributed by atoms with van der Waals surface area (Å²) < 4.78 is 11.5. The van der Waals surface area contributed by atoms with Crippen molar-refractivity contribution >= 4 is 23.6 Å². The van der Waals surface area contributed by atoms with E-state index in [2.05, 4.69) is 5.32 Å². The van der Waals surface area contributed by atoms with Gasteiger partial charge in [-0.25, -0.2) is 4.79 Å².